The number of hydrogen-bond donors (Lipinski definition) is 4. The normalized spacial score (nSPS) is 13.5. The predicted molar refractivity (Wildman–Crippen MR) is 70.7 cm³/mol. The van der Waals surface area contributed by atoms with Crippen LogP contribution in [-0.2, 0) is 9.59 Å². The minimum Gasteiger partial charge on any atom is -0.480 e. The van der Waals surface area contributed by atoms with Gasteiger partial charge in [-0.05, 0) is 19.3 Å². The van der Waals surface area contributed by atoms with Crippen LogP contribution >= 0.6 is 0 Å². The van der Waals surface area contributed by atoms with Crippen molar-refractivity contribution < 1.29 is 19.5 Å². The molecule has 110 valence electrons. The third-order valence-electron chi connectivity index (χ3n) is 2.51. The summed E-state index contributed by atoms with van der Waals surface area (Å²) in [5.41, 5.74) is 0. The van der Waals surface area contributed by atoms with Crippen molar-refractivity contribution in [1.82, 2.24) is 16.0 Å². The summed E-state index contributed by atoms with van der Waals surface area (Å²) in [5, 5.41) is 16.3. The molecule has 0 radical (unpaired) electrons. The van der Waals surface area contributed by atoms with Crippen molar-refractivity contribution in [3.63, 3.8) is 0 Å². The third kappa shape index (κ3) is 6.64. The van der Waals surface area contributed by atoms with E-state index in [1.54, 1.807) is 13.8 Å². The number of aliphatic carboxylic acids is 1. The first-order chi connectivity index (χ1) is 8.79. The zero-order valence-corrected chi connectivity index (χ0v) is 11.8. The van der Waals surface area contributed by atoms with Gasteiger partial charge < -0.3 is 21.1 Å². The predicted octanol–water partition coefficient (Wildman–Crippen LogP) is 0.310. The molecule has 0 aromatic heterocycles. The minimum absolute atomic E-state index is 0.243. The van der Waals surface area contributed by atoms with Gasteiger partial charge in [-0.15, -0.1) is 0 Å². The summed E-state index contributed by atoms with van der Waals surface area (Å²) in [7, 11) is 0. The molecule has 4 N–H and O–H groups in total. The number of amides is 3. The Kier molecular flexibility index (Phi) is 7.55. The van der Waals surface area contributed by atoms with Crippen LogP contribution in [-0.4, -0.2) is 41.6 Å². The molecule has 2 atom stereocenters. The number of carbonyl (C=O) groups is 3. The summed E-state index contributed by atoms with van der Waals surface area (Å²) in [5.74, 6) is -1.64. The maximum atomic E-state index is 11.6. The quantitative estimate of drug-likeness (QED) is 0.535. The molecule has 7 nitrogen and oxygen atoms in total. The van der Waals surface area contributed by atoms with Crippen LogP contribution in [0, 0.1) is 5.92 Å². The van der Waals surface area contributed by atoms with Crippen LogP contribution in [0.25, 0.3) is 0 Å². The van der Waals surface area contributed by atoms with E-state index in [0.29, 0.717) is 6.54 Å². The van der Waals surface area contributed by atoms with E-state index in [9.17, 15) is 14.4 Å². The lowest BCUT2D eigenvalue weighted by atomic mass is 10.1. The van der Waals surface area contributed by atoms with Crippen LogP contribution in [0.2, 0.25) is 0 Å². The van der Waals surface area contributed by atoms with Gasteiger partial charge in [-0.1, -0.05) is 20.8 Å². The molecule has 3 amide bonds. The van der Waals surface area contributed by atoms with E-state index in [0.717, 1.165) is 6.42 Å². The Morgan fingerprint density at radius 3 is 2.11 bits per heavy atom. The van der Waals surface area contributed by atoms with Crippen molar-refractivity contribution in [3.05, 3.63) is 0 Å². The average Bonchev–Trinajstić information content (AvgIpc) is 2.31. The molecular formula is C12H23N3O4. The lowest BCUT2D eigenvalue weighted by Crippen LogP contribution is -2.53. The molecule has 0 aliphatic heterocycles. The highest BCUT2D eigenvalue weighted by Gasteiger charge is 2.24. The fraction of sp³-hybridized carbons (Fsp3) is 0.750. The van der Waals surface area contributed by atoms with Crippen molar-refractivity contribution in [2.45, 2.75) is 46.2 Å². The highest BCUT2D eigenvalue weighted by molar-refractivity contribution is 5.88. The lowest BCUT2D eigenvalue weighted by molar-refractivity contribution is -0.140. The molecule has 0 bridgehead atoms. The van der Waals surface area contributed by atoms with Crippen molar-refractivity contribution in [3.8, 4) is 0 Å². The Bertz CT molecular complexity index is 331. The summed E-state index contributed by atoms with van der Waals surface area (Å²) < 4.78 is 0. The van der Waals surface area contributed by atoms with Gasteiger partial charge in [0.15, 0.2) is 0 Å². The van der Waals surface area contributed by atoms with Crippen molar-refractivity contribution >= 4 is 17.9 Å². The Labute approximate surface area is 113 Å². The molecular weight excluding hydrogens is 250 g/mol. The molecule has 19 heavy (non-hydrogen) atoms. The van der Waals surface area contributed by atoms with Crippen LogP contribution in [0.4, 0.5) is 4.79 Å². The second-order valence-corrected chi connectivity index (χ2v) is 4.69. The Morgan fingerprint density at radius 1 is 1.11 bits per heavy atom. The van der Waals surface area contributed by atoms with E-state index in [-0.39, 0.29) is 11.8 Å². The van der Waals surface area contributed by atoms with Gasteiger partial charge in [0.2, 0.25) is 5.91 Å². The molecule has 0 spiro atoms. The van der Waals surface area contributed by atoms with Crippen LogP contribution in [0.1, 0.15) is 34.1 Å². The first-order valence-corrected chi connectivity index (χ1v) is 6.37. The van der Waals surface area contributed by atoms with Crippen molar-refractivity contribution in [1.29, 1.82) is 0 Å². The van der Waals surface area contributed by atoms with Gasteiger partial charge in [-0.25, -0.2) is 9.59 Å². The Balaban J connectivity index is 4.29. The number of rotatable bonds is 7. The van der Waals surface area contributed by atoms with E-state index in [2.05, 4.69) is 16.0 Å². The Morgan fingerprint density at radius 2 is 1.68 bits per heavy atom. The molecule has 0 rings (SSSR count). The minimum atomic E-state index is -1.10. The number of carbonyl (C=O) groups excluding carboxylic acids is 2. The van der Waals surface area contributed by atoms with Gasteiger partial charge >= 0.3 is 12.0 Å². The number of carboxylic acid groups (broad SMARTS) is 1. The highest BCUT2D eigenvalue weighted by Crippen LogP contribution is 2.01. The molecule has 0 heterocycles. The standard InChI is InChI=1S/C12H23N3O4/c1-5-6-13-10(16)8(4)14-12(19)15-9(7(2)3)11(17)18/h7-9H,5-6H2,1-4H3,(H,13,16)(H,17,18)(H2,14,15,19)/t8?,9-/m1/s1. The van der Waals surface area contributed by atoms with Gasteiger partial charge in [0.1, 0.15) is 12.1 Å². The molecule has 0 aromatic rings. The Hall–Kier alpha value is -1.79. The zero-order chi connectivity index (χ0) is 15.0. The fourth-order valence-corrected chi connectivity index (χ4v) is 1.36. The van der Waals surface area contributed by atoms with Crippen molar-refractivity contribution in [2.75, 3.05) is 6.54 Å². The first kappa shape index (κ1) is 17.2. The molecule has 7 heteroatoms. The molecule has 0 aromatic carbocycles. The van der Waals surface area contributed by atoms with E-state index in [4.69, 9.17) is 5.11 Å². The van der Waals surface area contributed by atoms with E-state index in [1.165, 1.54) is 6.92 Å². The lowest BCUT2D eigenvalue weighted by Gasteiger charge is -2.20. The molecule has 0 aliphatic rings. The largest absolute Gasteiger partial charge is 0.480 e. The van der Waals surface area contributed by atoms with Crippen molar-refractivity contribution in [2.24, 2.45) is 5.92 Å². The summed E-state index contributed by atoms with van der Waals surface area (Å²) in [6.45, 7) is 7.38. The van der Waals surface area contributed by atoms with Crippen LogP contribution in [0.5, 0.6) is 0 Å². The number of nitrogens with one attached hydrogen (secondary N) is 3. The SMILES string of the molecule is CCCNC(=O)C(C)NC(=O)N[C@@H](C(=O)O)C(C)C. The monoisotopic (exact) mass is 273 g/mol. The zero-order valence-electron chi connectivity index (χ0n) is 11.8. The highest BCUT2D eigenvalue weighted by atomic mass is 16.4. The summed E-state index contributed by atoms with van der Waals surface area (Å²) >= 11 is 0. The topological polar surface area (TPSA) is 108 Å². The summed E-state index contributed by atoms with van der Waals surface area (Å²) in [6, 6.07) is -2.36. The molecule has 0 fully saturated rings. The second-order valence-electron chi connectivity index (χ2n) is 4.69. The smallest absolute Gasteiger partial charge is 0.326 e. The van der Waals surface area contributed by atoms with Crippen LogP contribution in [0.15, 0.2) is 0 Å². The van der Waals surface area contributed by atoms with Crippen LogP contribution in [0.3, 0.4) is 0 Å². The van der Waals surface area contributed by atoms with E-state index < -0.39 is 24.1 Å². The summed E-state index contributed by atoms with van der Waals surface area (Å²) in [4.78, 5) is 34.0. The maximum absolute atomic E-state index is 11.6. The summed E-state index contributed by atoms with van der Waals surface area (Å²) in [6.07, 6.45) is 0.805. The van der Waals surface area contributed by atoms with Gasteiger partial charge in [0.05, 0.1) is 0 Å². The number of carboxylic acids is 1. The molecule has 0 saturated heterocycles. The fourth-order valence-electron chi connectivity index (χ4n) is 1.36. The van der Waals surface area contributed by atoms with Gasteiger partial charge in [-0.2, -0.15) is 0 Å². The first-order valence-electron chi connectivity index (χ1n) is 6.37. The van der Waals surface area contributed by atoms with E-state index >= 15 is 0 Å². The number of hydrogen-bond acceptors (Lipinski definition) is 3. The second kappa shape index (κ2) is 8.34. The van der Waals surface area contributed by atoms with Gasteiger partial charge in [-0.3, -0.25) is 4.79 Å². The third-order valence-corrected chi connectivity index (χ3v) is 2.51. The molecule has 0 saturated carbocycles. The van der Waals surface area contributed by atoms with Crippen LogP contribution < -0.4 is 16.0 Å². The average molecular weight is 273 g/mol. The number of urea groups is 1. The van der Waals surface area contributed by atoms with Gasteiger partial charge in [0.25, 0.3) is 0 Å². The van der Waals surface area contributed by atoms with Gasteiger partial charge in [0, 0.05) is 6.54 Å². The van der Waals surface area contributed by atoms with E-state index in [1.807, 2.05) is 6.92 Å². The molecule has 1 unspecified atom stereocenters. The molecule has 0 aliphatic carbocycles. The maximum Gasteiger partial charge on any atom is 0.326 e.